The molecule has 12 heteroatoms. The maximum atomic E-state index is 12.9. The Kier molecular flexibility index (Phi) is 9.71. The molecular weight excluding hydrogens is 601 g/mol. The van der Waals surface area contributed by atoms with Crippen molar-refractivity contribution in [2.75, 3.05) is 17.2 Å². The molecule has 0 aliphatic carbocycles. The molecule has 1 aliphatic heterocycles. The van der Waals surface area contributed by atoms with Gasteiger partial charge in [0.2, 0.25) is 5.91 Å². The predicted octanol–water partition coefficient (Wildman–Crippen LogP) is 7.55. The van der Waals surface area contributed by atoms with Crippen molar-refractivity contribution in [1.29, 1.82) is 0 Å². The highest BCUT2D eigenvalue weighted by molar-refractivity contribution is 8.15. The molecule has 45 heavy (non-hydrogen) atoms. The molecule has 0 bridgehead atoms. The lowest BCUT2D eigenvalue weighted by Gasteiger charge is -2.22. The van der Waals surface area contributed by atoms with E-state index in [-0.39, 0.29) is 17.6 Å². The van der Waals surface area contributed by atoms with Crippen LogP contribution in [0.5, 0.6) is 0 Å². The number of aromatic nitrogens is 3. The number of urea groups is 1. The Hall–Kier alpha value is -4.45. The highest BCUT2D eigenvalue weighted by Crippen LogP contribution is 2.34. The summed E-state index contributed by atoms with van der Waals surface area (Å²) < 4.78 is 40.1. The van der Waals surface area contributed by atoms with E-state index in [2.05, 4.69) is 34.2 Å². The van der Waals surface area contributed by atoms with Crippen molar-refractivity contribution in [2.45, 2.75) is 52.1 Å². The third kappa shape index (κ3) is 7.80. The first kappa shape index (κ1) is 32.0. The third-order valence-electron chi connectivity index (χ3n) is 7.32. The van der Waals surface area contributed by atoms with Gasteiger partial charge in [0.25, 0.3) is 0 Å². The van der Waals surface area contributed by atoms with E-state index in [0.29, 0.717) is 23.2 Å². The number of aryl methyl sites for hydroxylation is 2. The molecular formula is C33H33F3N6O2S. The Morgan fingerprint density at radius 1 is 1.07 bits per heavy atom. The maximum Gasteiger partial charge on any atom is 0.416 e. The number of carbonyl (C=O) groups excluding carboxylic acids is 2. The lowest BCUT2D eigenvalue weighted by Crippen LogP contribution is -2.32. The van der Waals surface area contributed by atoms with Crippen molar-refractivity contribution in [3.8, 4) is 17.1 Å². The second-order valence-electron chi connectivity index (χ2n) is 11.1. The van der Waals surface area contributed by atoms with E-state index in [1.807, 2.05) is 49.4 Å². The van der Waals surface area contributed by atoms with E-state index >= 15 is 0 Å². The number of hydrogen-bond acceptors (Lipinski definition) is 5. The van der Waals surface area contributed by atoms with Crippen molar-refractivity contribution in [2.24, 2.45) is 4.99 Å². The van der Waals surface area contributed by atoms with E-state index in [4.69, 9.17) is 0 Å². The second kappa shape index (κ2) is 13.7. The molecule has 234 valence electrons. The zero-order valence-electron chi connectivity index (χ0n) is 25.1. The molecule has 0 radical (unpaired) electrons. The van der Waals surface area contributed by atoms with Crippen LogP contribution in [0.15, 0.2) is 78.0 Å². The van der Waals surface area contributed by atoms with Crippen LogP contribution in [0.25, 0.3) is 17.1 Å². The topological polar surface area (TPSA) is 92.5 Å². The van der Waals surface area contributed by atoms with E-state index in [0.717, 1.165) is 59.3 Å². The molecule has 3 amide bonds. The summed E-state index contributed by atoms with van der Waals surface area (Å²) in [5.41, 5.74) is 4.45. The van der Waals surface area contributed by atoms with Gasteiger partial charge in [-0.05, 0) is 85.2 Å². The van der Waals surface area contributed by atoms with Gasteiger partial charge in [-0.15, -0.1) is 5.10 Å². The Labute approximate surface area is 263 Å². The van der Waals surface area contributed by atoms with Crippen molar-refractivity contribution in [3.63, 3.8) is 0 Å². The minimum atomic E-state index is -4.40. The molecule has 1 aromatic heterocycles. The lowest BCUT2D eigenvalue weighted by molar-refractivity contribution is -0.137. The molecule has 3 aromatic carbocycles. The van der Waals surface area contributed by atoms with Crippen molar-refractivity contribution < 1.29 is 22.8 Å². The van der Waals surface area contributed by atoms with Crippen LogP contribution in [0.3, 0.4) is 0 Å². The highest BCUT2D eigenvalue weighted by Gasteiger charge is 2.32. The number of alkyl halides is 3. The minimum absolute atomic E-state index is 0.0946. The summed E-state index contributed by atoms with van der Waals surface area (Å²) >= 11 is 1.26. The molecule has 4 aromatic rings. The van der Waals surface area contributed by atoms with Gasteiger partial charge in [0.15, 0.2) is 11.0 Å². The normalized spacial score (nSPS) is 14.5. The van der Waals surface area contributed by atoms with Crippen LogP contribution >= 0.6 is 11.8 Å². The number of nitrogens with zero attached hydrogens (tertiary/aromatic N) is 5. The average Bonchev–Trinajstić information content (AvgIpc) is 3.64. The van der Waals surface area contributed by atoms with Crippen LogP contribution < -0.4 is 10.2 Å². The number of anilines is 1. The summed E-state index contributed by atoms with van der Waals surface area (Å²) in [5, 5.41) is 7.66. The molecule has 1 aliphatic rings. The van der Waals surface area contributed by atoms with Gasteiger partial charge in [-0.25, -0.2) is 14.5 Å². The number of carbonyl (C=O) groups is 2. The Balaban J connectivity index is 1.14. The Morgan fingerprint density at radius 2 is 1.84 bits per heavy atom. The average molecular weight is 635 g/mol. The van der Waals surface area contributed by atoms with Gasteiger partial charge in [0.05, 0.1) is 22.7 Å². The fraction of sp³-hybridized carbons (Fsp3) is 0.303. The largest absolute Gasteiger partial charge is 0.416 e. The monoisotopic (exact) mass is 634 g/mol. The van der Waals surface area contributed by atoms with Gasteiger partial charge in [-0.3, -0.25) is 9.69 Å². The van der Waals surface area contributed by atoms with E-state index in [1.54, 1.807) is 4.90 Å². The SMILES string of the molecule is Cc1ccc(C(C)C)c(N2C(=O)CSC2=NC(=O)NCCCCc2cccc(-c3ncn(-c4ccc(C(F)(F)F)cc4)n3)c2)c1. The van der Waals surface area contributed by atoms with Crippen molar-refractivity contribution in [3.05, 3.63) is 95.3 Å². The van der Waals surface area contributed by atoms with Crippen LogP contribution in [0.1, 0.15) is 54.9 Å². The number of rotatable bonds is 9. The van der Waals surface area contributed by atoms with Gasteiger partial charge < -0.3 is 5.32 Å². The first-order valence-corrected chi connectivity index (χ1v) is 15.6. The molecule has 1 fully saturated rings. The molecule has 1 saturated heterocycles. The van der Waals surface area contributed by atoms with E-state index in [9.17, 15) is 22.8 Å². The Morgan fingerprint density at radius 3 is 2.58 bits per heavy atom. The smallest absolute Gasteiger partial charge is 0.336 e. The lowest BCUT2D eigenvalue weighted by atomic mass is 9.99. The van der Waals surface area contributed by atoms with Crippen LogP contribution in [-0.4, -0.2) is 44.2 Å². The quantitative estimate of drug-likeness (QED) is 0.192. The van der Waals surface area contributed by atoms with Gasteiger partial charge in [-0.2, -0.15) is 18.2 Å². The zero-order chi connectivity index (χ0) is 32.1. The van der Waals surface area contributed by atoms with Crippen molar-refractivity contribution >= 4 is 34.6 Å². The summed E-state index contributed by atoms with van der Waals surface area (Å²) in [6.45, 7) is 6.55. The van der Waals surface area contributed by atoms with Crippen LogP contribution in [0.4, 0.5) is 23.7 Å². The van der Waals surface area contributed by atoms with Gasteiger partial charge >= 0.3 is 12.2 Å². The Bertz CT molecular complexity index is 1720. The maximum absolute atomic E-state index is 12.9. The number of amidine groups is 1. The summed E-state index contributed by atoms with van der Waals surface area (Å²) in [6, 6.07) is 18.0. The summed E-state index contributed by atoms with van der Waals surface area (Å²) in [4.78, 5) is 35.5. The molecule has 1 N–H and O–H groups in total. The molecule has 0 saturated carbocycles. The fourth-order valence-corrected chi connectivity index (χ4v) is 5.84. The summed E-state index contributed by atoms with van der Waals surface area (Å²) in [6.07, 6.45) is -0.618. The van der Waals surface area contributed by atoms with Crippen LogP contribution in [0.2, 0.25) is 0 Å². The number of nitrogens with one attached hydrogen (secondary N) is 1. The van der Waals surface area contributed by atoms with E-state index < -0.39 is 17.8 Å². The summed E-state index contributed by atoms with van der Waals surface area (Å²) in [7, 11) is 0. The molecule has 8 nitrogen and oxygen atoms in total. The van der Waals surface area contributed by atoms with Crippen LogP contribution in [-0.2, 0) is 17.4 Å². The van der Waals surface area contributed by atoms with E-state index in [1.165, 1.54) is 34.9 Å². The molecule has 0 spiro atoms. The third-order valence-corrected chi connectivity index (χ3v) is 8.24. The van der Waals surface area contributed by atoms with Crippen LogP contribution in [0, 0.1) is 6.92 Å². The number of hydrogen-bond donors (Lipinski definition) is 1. The molecule has 0 atom stereocenters. The fourth-order valence-electron chi connectivity index (χ4n) is 4.98. The molecule has 5 rings (SSSR count). The minimum Gasteiger partial charge on any atom is -0.336 e. The van der Waals surface area contributed by atoms with Gasteiger partial charge in [0, 0.05) is 12.1 Å². The summed E-state index contributed by atoms with van der Waals surface area (Å²) in [5.74, 6) is 0.812. The predicted molar refractivity (Wildman–Crippen MR) is 171 cm³/mol. The highest BCUT2D eigenvalue weighted by atomic mass is 32.2. The number of benzene rings is 3. The second-order valence-corrected chi connectivity index (χ2v) is 12.0. The molecule has 0 unspecified atom stereocenters. The number of thioether (sulfide) groups is 1. The number of unbranched alkanes of at least 4 members (excludes halogenated alkanes) is 1. The number of amides is 3. The standard InChI is InChI=1S/C33H33F3N6O2S/c1-21(2)27-15-10-22(3)17-28(27)42-29(43)19-45-32(42)39-31(44)37-16-5-4-7-23-8-6-9-24(18-23)30-38-20-41(40-30)26-13-11-25(12-14-26)33(34,35)36/h6,8-15,17-18,20-21H,4-5,7,16,19H2,1-3H3,(H,37,44). The first-order valence-electron chi connectivity index (χ1n) is 14.6. The van der Waals surface area contributed by atoms with Gasteiger partial charge in [0.1, 0.15) is 6.33 Å². The number of aliphatic imine (C=N–C) groups is 1. The molecule has 2 heterocycles. The first-order chi connectivity index (χ1) is 21.5. The van der Waals surface area contributed by atoms with Gasteiger partial charge in [-0.1, -0.05) is 55.9 Å². The van der Waals surface area contributed by atoms with Crippen molar-refractivity contribution in [1.82, 2.24) is 20.1 Å². The zero-order valence-corrected chi connectivity index (χ0v) is 26.0. The number of halogens is 3.